The number of hydrogen-bond donors (Lipinski definition) is 0. The van der Waals surface area contributed by atoms with Crippen molar-refractivity contribution >= 4 is 44.9 Å². The van der Waals surface area contributed by atoms with E-state index in [0.29, 0.717) is 59.0 Å². The number of carbonyl (C=O) groups excluding carboxylic acids is 2. The summed E-state index contributed by atoms with van der Waals surface area (Å²) >= 11 is 0. The third kappa shape index (κ3) is 6.99. The van der Waals surface area contributed by atoms with Crippen molar-refractivity contribution in [2.24, 2.45) is 0 Å². The van der Waals surface area contributed by atoms with Gasteiger partial charge in [0, 0.05) is 101 Å². The average Bonchev–Trinajstić information content (AvgIpc) is 3.14. The van der Waals surface area contributed by atoms with Crippen molar-refractivity contribution in [1.82, 2.24) is 9.80 Å². The lowest BCUT2D eigenvalue weighted by Gasteiger charge is -2.36. The molecular formula is C39H40N4O4. The van der Waals surface area contributed by atoms with Crippen LogP contribution in [0, 0.1) is 0 Å². The molecule has 2 fully saturated rings. The predicted octanol–water partition coefficient (Wildman–Crippen LogP) is 5.74. The Kier molecular flexibility index (Phi) is 9.13. The molecule has 2 saturated heterocycles. The van der Waals surface area contributed by atoms with E-state index in [-0.39, 0.29) is 17.0 Å². The Morgan fingerprint density at radius 3 is 1.34 bits per heavy atom. The molecule has 240 valence electrons. The molecule has 0 radical (unpaired) electrons. The number of anilines is 2. The number of Topliss-reactive ketones (excluding diaryl/α,β-unsaturated/α-hetero) is 2. The second-order valence-corrected chi connectivity index (χ2v) is 12.5. The molecule has 0 N–H and O–H groups in total. The molecule has 3 heterocycles. The number of para-hydroxylation sites is 2. The molecule has 0 saturated carbocycles. The molecule has 4 aromatic carbocycles. The normalized spacial score (nSPS) is 16.2. The van der Waals surface area contributed by atoms with E-state index in [2.05, 4.69) is 68.1 Å². The van der Waals surface area contributed by atoms with E-state index in [0.717, 1.165) is 52.4 Å². The lowest BCUT2D eigenvalue weighted by molar-refractivity contribution is 0.0955. The molecule has 5 aromatic rings. The van der Waals surface area contributed by atoms with Crippen LogP contribution in [0.4, 0.5) is 11.4 Å². The quantitative estimate of drug-likeness (QED) is 0.143. The van der Waals surface area contributed by atoms with E-state index >= 15 is 0 Å². The summed E-state index contributed by atoms with van der Waals surface area (Å²) in [6, 6.07) is 31.0. The largest absolute Gasteiger partial charge is 0.456 e. The zero-order chi connectivity index (χ0) is 32.2. The first-order chi connectivity index (χ1) is 23.0. The van der Waals surface area contributed by atoms with Gasteiger partial charge in [-0.3, -0.25) is 24.2 Å². The molecule has 7 rings (SSSR count). The maximum atomic E-state index is 13.6. The van der Waals surface area contributed by atoms with Crippen LogP contribution in [-0.4, -0.2) is 86.8 Å². The fourth-order valence-electron chi connectivity index (χ4n) is 6.75. The Bertz CT molecular complexity index is 1790. The van der Waals surface area contributed by atoms with Crippen LogP contribution in [0.3, 0.4) is 0 Å². The average molecular weight is 629 g/mol. The molecule has 2 aliphatic rings. The van der Waals surface area contributed by atoms with Gasteiger partial charge in [0.15, 0.2) is 11.6 Å². The molecule has 0 spiro atoms. The Morgan fingerprint density at radius 2 is 0.936 bits per heavy atom. The molecule has 8 nitrogen and oxygen atoms in total. The van der Waals surface area contributed by atoms with Crippen LogP contribution in [0.1, 0.15) is 33.6 Å². The minimum Gasteiger partial charge on any atom is -0.456 e. The van der Waals surface area contributed by atoms with Crippen LogP contribution in [-0.2, 0) is 0 Å². The van der Waals surface area contributed by atoms with Gasteiger partial charge in [0.1, 0.15) is 11.2 Å². The van der Waals surface area contributed by atoms with E-state index in [4.69, 9.17) is 4.42 Å². The van der Waals surface area contributed by atoms with Crippen molar-refractivity contribution in [2.45, 2.75) is 12.8 Å². The first-order valence-corrected chi connectivity index (χ1v) is 16.6. The van der Waals surface area contributed by atoms with Gasteiger partial charge in [0.2, 0.25) is 5.43 Å². The van der Waals surface area contributed by atoms with E-state index in [1.807, 2.05) is 12.1 Å². The zero-order valence-electron chi connectivity index (χ0n) is 26.6. The third-order valence-electron chi connectivity index (χ3n) is 9.61. The molecule has 0 aliphatic carbocycles. The highest BCUT2D eigenvalue weighted by molar-refractivity contribution is 6.02. The Labute approximate surface area is 274 Å². The number of nitrogens with zero attached hydrogens (tertiary/aromatic N) is 4. The fourth-order valence-corrected chi connectivity index (χ4v) is 6.75. The number of benzene rings is 4. The summed E-state index contributed by atoms with van der Waals surface area (Å²) in [6.45, 7) is 8.69. The smallest absolute Gasteiger partial charge is 0.200 e. The van der Waals surface area contributed by atoms with Crippen LogP contribution in [0.25, 0.3) is 21.9 Å². The number of fused-ring (bicyclic) bond motifs is 2. The van der Waals surface area contributed by atoms with E-state index in [1.165, 1.54) is 11.4 Å². The summed E-state index contributed by atoms with van der Waals surface area (Å²) in [5.41, 5.74) is 4.12. The zero-order valence-corrected chi connectivity index (χ0v) is 26.6. The van der Waals surface area contributed by atoms with E-state index in [9.17, 15) is 14.4 Å². The van der Waals surface area contributed by atoms with Gasteiger partial charge in [-0.25, -0.2) is 0 Å². The number of ketones is 2. The highest BCUT2D eigenvalue weighted by Crippen LogP contribution is 2.23. The van der Waals surface area contributed by atoms with Crippen molar-refractivity contribution in [3.05, 3.63) is 118 Å². The highest BCUT2D eigenvalue weighted by Gasteiger charge is 2.21. The Morgan fingerprint density at radius 1 is 0.532 bits per heavy atom. The predicted molar refractivity (Wildman–Crippen MR) is 188 cm³/mol. The molecular weight excluding hydrogens is 588 g/mol. The Hall–Kier alpha value is -4.79. The van der Waals surface area contributed by atoms with Crippen molar-refractivity contribution in [2.75, 3.05) is 75.2 Å². The van der Waals surface area contributed by atoms with Crippen molar-refractivity contribution in [1.29, 1.82) is 0 Å². The summed E-state index contributed by atoms with van der Waals surface area (Å²) in [6.07, 6.45) is 0.769. The van der Waals surface area contributed by atoms with Gasteiger partial charge < -0.3 is 14.2 Å². The summed E-state index contributed by atoms with van der Waals surface area (Å²) in [4.78, 5) is 49.4. The Balaban J connectivity index is 0.967. The number of rotatable bonds is 10. The maximum absolute atomic E-state index is 13.6. The van der Waals surface area contributed by atoms with Gasteiger partial charge >= 0.3 is 0 Å². The summed E-state index contributed by atoms with van der Waals surface area (Å²) in [7, 11) is 0. The first-order valence-electron chi connectivity index (χ1n) is 16.6. The highest BCUT2D eigenvalue weighted by atomic mass is 16.3. The minimum atomic E-state index is -0.223. The molecule has 0 amide bonds. The maximum Gasteiger partial charge on any atom is 0.200 e. The molecule has 8 heteroatoms. The van der Waals surface area contributed by atoms with Gasteiger partial charge in [-0.2, -0.15) is 0 Å². The molecule has 0 atom stereocenters. The lowest BCUT2D eigenvalue weighted by atomic mass is 10.0. The van der Waals surface area contributed by atoms with Gasteiger partial charge in [-0.05, 0) is 60.7 Å². The van der Waals surface area contributed by atoms with Gasteiger partial charge in [-0.1, -0.05) is 36.4 Å². The summed E-state index contributed by atoms with van der Waals surface area (Å²) in [5.74, 6) is 0.0100. The van der Waals surface area contributed by atoms with E-state index < -0.39 is 0 Å². The van der Waals surface area contributed by atoms with Crippen LogP contribution < -0.4 is 15.2 Å². The van der Waals surface area contributed by atoms with E-state index in [1.54, 1.807) is 36.4 Å². The van der Waals surface area contributed by atoms with Crippen molar-refractivity contribution < 1.29 is 14.0 Å². The summed E-state index contributed by atoms with van der Waals surface area (Å²) in [5, 5.41) is 0.724. The van der Waals surface area contributed by atoms with Crippen molar-refractivity contribution in [3.63, 3.8) is 0 Å². The topological polar surface area (TPSA) is 77.3 Å². The summed E-state index contributed by atoms with van der Waals surface area (Å²) < 4.78 is 6.05. The van der Waals surface area contributed by atoms with Crippen LogP contribution in [0.5, 0.6) is 0 Å². The fraction of sp³-hybridized carbons (Fsp3) is 0.308. The lowest BCUT2D eigenvalue weighted by Crippen LogP contribution is -2.46. The van der Waals surface area contributed by atoms with Gasteiger partial charge in [0.05, 0.1) is 10.8 Å². The number of carbonyl (C=O) groups is 2. The number of hydrogen-bond acceptors (Lipinski definition) is 8. The molecule has 0 unspecified atom stereocenters. The third-order valence-corrected chi connectivity index (χ3v) is 9.61. The standard InChI is InChI=1S/C39H40N4O4/c44-35(15-17-40-19-23-42(24-20-40)31-7-3-1-4-8-31)29-11-13-37-33(27-29)39(46)34-28-30(12-14-38(34)47-37)36(45)16-18-41-21-25-43(26-22-41)32-9-5-2-6-10-32/h1-14,27-28H,15-26H2. The molecule has 47 heavy (non-hydrogen) atoms. The second-order valence-electron chi connectivity index (χ2n) is 12.5. The number of piperazine rings is 2. The molecule has 2 aliphatic heterocycles. The monoisotopic (exact) mass is 628 g/mol. The minimum absolute atomic E-state index is 0.00502. The van der Waals surface area contributed by atoms with Crippen molar-refractivity contribution in [3.8, 4) is 0 Å². The van der Waals surface area contributed by atoms with Crippen LogP contribution in [0.15, 0.2) is 106 Å². The van der Waals surface area contributed by atoms with Gasteiger partial charge in [0.25, 0.3) is 0 Å². The van der Waals surface area contributed by atoms with Crippen LogP contribution in [0.2, 0.25) is 0 Å². The second kappa shape index (κ2) is 13.9. The SMILES string of the molecule is O=C(CCN1CCN(c2ccccc2)CC1)c1ccc2oc3ccc(C(=O)CCN4CCN(c5ccccc5)CC4)cc3c(=O)c2c1. The van der Waals surface area contributed by atoms with Gasteiger partial charge in [-0.15, -0.1) is 0 Å². The molecule has 0 bridgehead atoms. The molecule has 1 aromatic heterocycles. The first kappa shape index (κ1) is 30.8. The van der Waals surface area contributed by atoms with Crippen LogP contribution >= 0.6 is 0 Å².